The number of hydrogen-bond donors (Lipinski definition) is 0. The molecule has 1 aliphatic rings. The Labute approximate surface area is 375 Å². The first-order valence-electron chi connectivity index (χ1n) is 22.7. The molecule has 4 heteroatoms. The van der Waals surface area contributed by atoms with Crippen molar-refractivity contribution < 1.29 is 0 Å². The Kier molecular flexibility index (Phi) is 7.70. The van der Waals surface area contributed by atoms with Gasteiger partial charge in [0.05, 0.1) is 38.6 Å². The first-order chi connectivity index (χ1) is 32.2. The molecule has 0 bridgehead atoms. The van der Waals surface area contributed by atoms with Gasteiger partial charge in [-0.25, -0.2) is 0 Å². The lowest BCUT2D eigenvalue weighted by Gasteiger charge is -2.17. The molecule has 1 unspecified atom stereocenters. The number of benzene rings is 9. The van der Waals surface area contributed by atoms with E-state index in [1.807, 2.05) is 0 Å². The fraction of sp³-hybridized carbons (Fsp3) is 0.0492. The standard InChI is InChI=1S/C61H42N4/c1-39-24-33-51-57(38-39)63(42-14-4-2-5-15-42)56-37-35-49-47-19-9-12-22-53(47)65(61(49)59(51)56)45-31-27-41(28-32-45)40-25-29-44(30-26-40)62-54-23-13-10-20-50(54)58-55(62)36-34-48-46-18-8-11-21-52(46)64(60(48)58)43-16-6-3-7-17-43/h2-37,39H,38H2,1H3. The van der Waals surface area contributed by atoms with Crippen LogP contribution >= 0.6 is 0 Å². The summed E-state index contributed by atoms with van der Waals surface area (Å²) in [7, 11) is 0. The van der Waals surface area contributed by atoms with E-state index >= 15 is 0 Å². The van der Waals surface area contributed by atoms with E-state index in [0.29, 0.717) is 5.92 Å². The van der Waals surface area contributed by atoms with Crippen molar-refractivity contribution >= 4 is 82.4 Å². The summed E-state index contributed by atoms with van der Waals surface area (Å²) < 4.78 is 9.89. The minimum atomic E-state index is 0.476. The second-order valence-corrected chi connectivity index (χ2v) is 17.8. The summed E-state index contributed by atoms with van der Waals surface area (Å²) in [5, 5.41) is 8.90. The van der Waals surface area contributed by atoms with Crippen molar-refractivity contribution in [2.24, 2.45) is 5.92 Å². The predicted octanol–water partition coefficient (Wildman–Crippen LogP) is 15.8. The number of hydrogen-bond acceptors (Lipinski definition) is 0. The van der Waals surface area contributed by atoms with Crippen LogP contribution < -0.4 is 0 Å². The quantitative estimate of drug-likeness (QED) is 0.165. The Balaban J connectivity index is 0.905. The van der Waals surface area contributed by atoms with Crippen molar-refractivity contribution in [3.8, 4) is 33.9 Å². The van der Waals surface area contributed by atoms with Crippen LogP contribution in [0.15, 0.2) is 212 Å². The van der Waals surface area contributed by atoms with Crippen LogP contribution in [0.5, 0.6) is 0 Å². The number of fused-ring (bicyclic) bond motifs is 14. The van der Waals surface area contributed by atoms with Crippen LogP contribution in [0.2, 0.25) is 0 Å². The van der Waals surface area contributed by atoms with Gasteiger partial charge in [0.15, 0.2) is 0 Å². The van der Waals surface area contributed by atoms with E-state index in [0.717, 1.165) is 23.5 Å². The molecule has 4 nitrogen and oxygen atoms in total. The van der Waals surface area contributed by atoms with Crippen LogP contribution in [0, 0.1) is 5.92 Å². The molecule has 4 aromatic heterocycles. The highest BCUT2D eigenvalue weighted by Gasteiger charge is 2.26. The lowest BCUT2D eigenvalue weighted by Crippen LogP contribution is -2.08. The maximum absolute atomic E-state index is 2.50. The second-order valence-electron chi connectivity index (χ2n) is 17.8. The lowest BCUT2D eigenvalue weighted by molar-refractivity contribution is 0.690. The molecule has 14 rings (SSSR count). The third-order valence-corrected chi connectivity index (χ3v) is 14.1. The Hall–Kier alpha value is -8.34. The highest BCUT2D eigenvalue weighted by atomic mass is 15.0. The molecule has 0 saturated heterocycles. The third-order valence-electron chi connectivity index (χ3n) is 14.1. The smallest absolute Gasteiger partial charge is 0.0641 e. The summed E-state index contributed by atoms with van der Waals surface area (Å²) in [6.45, 7) is 2.32. The van der Waals surface area contributed by atoms with Crippen LogP contribution in [0.4, 0.5) is 0 Å². The first-order valence-corrected chi connectivity index (χ1v) is 22.7. The first kappa shape index (κ1) is 36.2. The monoisotopic (exact) mass is 830 g/mol. The Morgan fingerprint density at radius 3 is 1.34 bits per heavy atom. The normalized spacial score (nSPS) is 14.0. The van der Waals surface area contributed by atoms with Crippen molar-refractivity contribution in [1.82, 2.24) is 18.3 Å². The Morgan fingerprint density at radius 1 is 0.338 bits per heavy atom. The SMILES string of the molecule is CC1C=Cc2c(n(-c3ccccc3)c3ccc4c5ccccc5n(-c5ccc(-c6ccc(-n7c8ccccc8c8c7ccc7c9ccccc9n(-c9ccccc9)c78)cc6)cc5)c4c23)C1. The molecular formula is C61H42N4. The maximum atomic E-state index is 2.50. The highest BCUT2D eigenvalue weighted by molar-refractivity contribution is 6.26. The van der Waals surface area contributed by atoms with Crippen LogP contribution in [-0.2, 0) is 6.42 Å². The molecule has 0 spiro atoms. The summed E-state index contributed by atoms with van der Waals surface area (Å²) in [6, 6.07) is 75.8. The Morgan fingerprint density at radius 2 is 0.769 bits per heavy atom. The van der Waals surface area contributed by atoms with E-state index in [1.165, 1.54) is 104 Å². The number of aromatic nitrogens is 4. The molecule has 65 heavy (non-hydrogen) atoms. The molecular weight excluding hydrogens is 789 g/mol. The van der Waals surface area contributed by atoms with E-state index in [9.17, 15) is 0 Å². The molecule has 1 atom stereocenters. The minimum absolute atomic E-state index is 0.476. The van der Waals surface area contributed by atoms with Gasteiger partial charge in [-0.15, -0.1) is 0 Å². The molecule has 1 aliphatic carbocycles. The zero-order chi connectivity index (χ0) is 42.8. The zero-order valence-corrected chi connectivity index (χ0v) is 35.9. The van der Waals surface area contributed by atoms with E-state index in [1.54, 1.807) is 0 Å². The van der Waals surface area contributed by atoms with Crippen LogP contribution in [-0.4, -0.2) is 18.3 Å². The predicted molar refractivity (Wildman–Crippen MR) is 274 cm³/mol. The third kappa shape index (κ3) is 5.19. The molecule has 0 aliphatic heterocycles. The van der Waals surface area contributed by atoms with Gasteiger partial charge in [-0.3, -0.25) is 0 Å². The number of allylic oxidation sites excluding steroid dienone is 1. The number of rotatable bonds is 5. The Bertz CT molecular complexity index is 4060. The average Bonchev–Trinajstić information content (AvgIpc) is 4.09. The molecule has 0 saturated carbocycles. The fourth-order valence-corrected chi connectivity index (χ4v) is 11.3. The molecule has 13 aromatic rings. The van der Waals surface area contributed by atoms with Gasteiger partial charge in [0.1, 0.15) is 0 Å². The van der Waals surface area contributed by atoms with Gasteiger partial charge < -0.3 is 18.3 Å². The van der Waals surface area contributed by atoms with Crippen molar-refractivity contribution in [3.05, 3.63) is 224 Å². The van der Waals surface area contributed by atoms with Gasteiger partial charge >= 0.3 is 0 Å². The molecule has 9 aromatic carbocycles. The van der Waals surface area contributed by atoms with Gasteiger partial charge in [0, 0.05) is 71.7 Å². The van der Waals surface area contributed by atoms with Crippen molar-refractivity contribution in [3.63, 3.8) is 0 Å². The van der Waals surface area contributed by atoms with Gasteiger partial charge in [-0.2, -0.15) is 0 Å². The van der Waals surface area contributed by atoms with Crippen LogP contribution in [0.1, 0.15) is 18.2 Å². The lowest BCUT2D eigenvalue weighted by atomic mass is 9.94. The topological polar surface area (TPSA) is 19.7 Å². The van der Waals surface area contributed by atoms with Crippen molar-refractivity contribution in [1.29, 1.82) is 0 Å². The molecule has 0 fully saturated rings. The molecule has 0 radical (unpaired) electrons. The van der Waals surface area contributed by atoms with Crippen molar-refractivity contribution in [2.45, 2.75) is 13.3 Å². The number of para-hydroxylation sites is 5. The van der Waals surface area contributed by atoms with E-state index < -0.39 is 0 Å². The number of nitrogens with zero attached hydrogens (tertiary/aromatic N) is 4. The fourth-order valence-electron chi connectivity index (χ4n) is 11.3. The van der Waals surface area contributed by atoms with Gasteiger partial charge in [0.25, 0.3) is 0 Å². The maximum Gasteiger partial charge on any atom is 0.0641 e. The highest BCUT2D eigenvalue weighted by Crippen LogP contribution is 2.45. The minimum Gasteiger partial charge on any atom is -0.313 e. The molecule has 0 amide bonds. The summed E-state index contributed by atoms with van der Waals surface area (Å²) >= 11 is 0. The largest absolute Gasteiger partial charge is 0.313 e. The molecule has 306 valence electrons. The van der Waals surface area contributed by atoms with E-state index in [2.05, 4.69) is 244 Å². The van der Waals surface area contributed by atoms with Crippen molar-refractivity contribution in [2.75, 3.05) is 0 Å². The average molecular weight is 831 g/mol. The molecule has 0 N–H and O–H groups in total. The van der Waals surface area contributed by atoms with Crippen LogP contribution in [0.3, 0.4) is 0 Å². The zero-order valence-electron chi connectivity index (χ0n) is 35.9. The van der Waals surface area contributed by atoms with Crippen LogP contribution in [0.25, 0.3) is 116 Å². The molecule has 4 heterocycles. The van der Waals surface area contributed by atoms with E-state index in [4.69, 9.17) is 0 Å². The summed E-state index contributed by atoms with van der Waals surface area (Å²) in [5.74, 6) is 0.476. The van der Waals surface area contributed by atoms with Gasteiger partial charge in [0.2, 0.25) is 0 Å². The van der Waals surface area contributed by atoms with E-state index in [-0.39, 0.29) is 0 Å². The van der Waals surface area contributed by atoms with Gasteiger partial charge in [-0.1, -0.05) is 146 Å². The summed E-state index contributed by atoms with van der Waals surface area (Å²) in [4.78, 5) is 0. The van der Waals surface area contributed by atoms with Gasteiger partial charge in [-0.05, 0) is 102 Å². The summed E-state index contributed by atoms with van der Waals surface area (Å²) in [5.41, 5.74) is 18.3. The summed E-state index contributed by atoms with van der Waals surface area (Å²) in [6.07, 6.45) is 5.77. The second kappa shape index (κ2) is 13.8.